The van der Waals surface area contributed by atoms with Gasteiger partial charge < -0.3 is 4.42 Å². The molecule has 0 radical (unpaired) electrons. The number of aromatic nitrogens is 5. The van der Waals surface area contributed by atoms with Crippen molar-refractivity contribution < 1.29 is 22.0 Å². The summed E-state index contributed by atoms with van der Waals surface area (Å²) in [5.41, 5.74) is 3.21. The Hall–Kier alpha value is -3.60. The predicted octanol–water partition coefficient (Wildman–Crippen LogP) is 5.01. The SMILES string of the molecule is CC(C)N1CC(c2cccc(-c3cn(Cc4ccc(-c5nnc(C(F)(F)F)o5)cc4F)nn3)c2)C1. The molecule has 0 unspecified atom stereocenters. The van der Waals surface area contributed by atoms with Crippen LogP contribution in [0.2, 0.25) is 0 Å². The fraction of sp³-hybridized carbons (Fsp3) is 0.333. The minimum absolute atomic E-state index is 0.0531. The van der Waals surface area contributed by atoms with Crippen molar-refractivity contribution in [1.29, 1.82) is 0 Å². The molecule has 1 aliphatic rings. The van der Waals surface area contributed by atoms with Crippen LogP contribution in [0.1, 0.15) is 36.8 Å². The van der Waals surface area contributed by atoms with Crippen molar-refractivity contribution in [1.82, 2.24) is 30.1 Å². The number of halogens is 4. The molecule has 4 aromatic rings. The third kappa shape index (κ3) is 4.81. The Balaban J connectivity index is 1.29. The summed E-state index contributed by atoms with van der Waals surface area (Å²) in [6, 6.07) is 12.7. The van der Waals surface area contributed by atoms with Gasteiger partial charge in [0.15, 0.2) is 0 Å². The lowest BCUT2D eigenvalue weighted by Gasteiger charge is -2.42. The highest BCUT2D eigenvalue weighted by Gasteiger charge is 2.38. The molecule has 0 aliphatic carbocycles. The van der Waals surface area contributed by atoms with Crippen molar-refractivity contribution >= 4 is 0 Å². The van der Waals surface area contributed by atoms with Crippen LogP contribution in [0.15, 0.2) is 53.1 Å². The van der Waals surface area contributed by atoms with Crippen LogP contribution in [-0.4, -0.2) is 49.2 Å². The molecule has 1 aliphatic heterocycles. The van der Waals surface area contributed by atoms with Crippen LogP contribution in [-0.2, 0) is 12.7 Å². The molecule has 7 nitrogen and oxygen atoms in total. The average molecular weight is 486 g/mol. The lowest BCUT2D eigenvalue weighted by Crippen LogP contribution is -2.48. The van der Waals surface area contributed by atoms with Gasteiger partial charge in [0.2, 0.25) is 5.89 Å². The fourth-order valence-electron chi connectivity index (χ4n) is 4.04. The van der Waals surface area contributed by atoms with Gasteiger partial charge in [-0.1, -0.05) is 29.5 Å². The number of hydrogen-bond acceptors (Lipinski definition) is 6. The highest BCUT2D eigenvalue weighted by Crippen LogP contribution is 2.32. The lowest BCUT2D eigenvalue weighted by atomic mass is 9.89. The van der Waals surface area contributed by atoms with Crippen molar-refractivity contribution in [2.24, 2.45) is 0 Å². The normalized spacial score (nSPS) is 15.1. The summed E-state index contributed by atoms with van der Waals surface area (Å²) in [4.78, 5) is 2.42. The first-order chi connectivity index (χ1) is 16.7. The smallest absolute Gasteiger partial charge is 0.413 e. The van der Waals surface area contributed by atoms with Crippen molar-refractivity contribution in [2.45, 2.75) is 38.5 Å². The zero-order chi connectivity index (χ0) is 24.7. The van der Waals surface area contributed by atoms with E-state index in [9.17, 15) is 17.6 Å². The van der Waals surface area contributed by atoms with Gasteiger partial charge in [-0.2, -0.15) is 13.2 Å². The number of benzene rings is 2. The van der Waals surface area contributed by atoms with E-state index in [4.69, 9.17) is 0 Å². The van der Waals surface area contributed by atoms with Crippen molar-refractivity contribution in [3.8, 4) is 22.7 Å². The highest BCUT2D eigenvalue weighted by molar-refractivity contribution is 5.59. The zero-order valence-corrected chi connectivity index (χ0v) is 19.0. The van der Waals surface area contributed by atoms with E-state index >= 15 is 0 Å². The number of alkyl halides is 3. The molecule has 35 heavy (non-hydrogen) atoms. The molecule has 0 amide bonds. The standard InChI is InChI=1S/C24H22F4N6O/c1-14(2)33-10-19(11-33)15-4-3-5-16(8-15)21-13-34(32-29-21)12-18-7-6-17(9-20(18)25)22-30-31-23(35-22)24(26,27)28/h3-9,13-14,19H,10-12H2,1-2H3. The van der Waals surface area contributed by atoms with Gasteiger partial charge in [-0.3, -0.25) is 4.90 Å². The van der Waals surface area contributed by atoms with Gasteiger partial charge in [-0.15, -0.1) is 15.3 Å². The zero-order valence-electron chi connectivity index (χ0n) is 19.0. The van der Waals surface area contributed by atoms with E-state index in [0.717, 1.165) is 24.7 Å². The molecule has 11 heteroatoms. The quantitative estimate of drug-likeness (QED) is 0.357. The van der Waals surface area contributed by atoms with E-state index in [1.165, 1.54) is 22.4 Å². The van der Waals surface area contributed by atoms with Crippen LogP contribution >= 0.6 is 0 Å². The van der Waals surface area contributed by atoms with Crippen molar-refractivity contribution in [3.05, 3.63) is 71.5 Å². The van der Waals surface area contributed by atoms with E-state index in [-0.39, 0.29) is 17.7 Å². The van der Waals surface area contributed by atoms with Gasteiger partial charge >= 0.3 is 12.1 Å². The maximum atomic E-state index is 14.7. The maximum absolute atomic E-state index is 14.7. The summed E-state index contributed by atoms with van der Waals surface area (Å²) in [7, 11) is 0. The Labute approximate surface area is 198 Å². The number of rotatable bonds is 6. The number of hydrogen-bond donors (Lipinski definition) is 0. The fourth-order valence-corrected chi connectivity index (χ4v) is 4.04. The van der Waals surface area contributed by atoms with Gasteiger partial charge in [0.05, 0.1) is 12.7 Å². The molecule has 0 saturated carbocycles. The Kier molecular flexibility index (Phi) is 5.87. The van der Waals surface area contributed by atoms with Gasteiger partial charge in [-0.05, 0) is 37.6 Å². The molecule has 1 fully saturated rings. The molecule has 0 atom stereocenters. The topological polar surface area (TPSA) is 72.9 Å². The molecule has 5 rings (SSSR count). The molecule has 1 saturated heterocycles. The van der Waals surface area contributed by atoms with Gasteiger partial charge in [0.25, 0.3) is 0 Å². The minimum atomic E-state index is -4.76. The third-order valence-electron chi connectivity index (χ3n) is 6.13. The van der Waals surface area contributed by atoms with Crippen LogP contribution in [0.5, 0.6) is 0 Å². The number of nitrogens with zero attached hydrogens (tertiary/aromatic N) is 6. The van der Waals surface area contributed by atoms with Crippen LogP contribution in [0.25, 0.3) is 22.7 Å². The Morgan fingerprint density at radius 2 is 1.83 bits per heavy atom. The lowest BCUT2D eigenvalue weighted by molar-refractivity contribution is -0.156. The average Bonchev–Trinajstić information content (AvgIpc) is 3.44. The summed E-state index contributed by atoms with van der Waals surface area (Å²) in [5, 5.41) is 14.7. The van der Waals surface area contributed by atoms with Gasteiger partial charge in [0.1, 0.15) is 11.5 Å². The summed E-state index contributed by atoms with van der Waals surface area (Å²) < 4.78 is 58.8. The van der Waals surface area contributed by atoms with E-state index in [0.29, 0.717) is 17.7 Å². The van der Waals surface area contributed by atoms with E-state index < -0.39 is 23.8 Å². The molecule has 0 bridgehead atoms. The summed E-state index contributed by atoms with van der Waals surface area (Å²) in [6.45, 7) is 6.54. The Bertz CT molecular complexity index is 1340. The van der Waals surface area contributed by atoms with Crippen LogP contribution < -0.4 is 0 Å². The summed E-state index contributed by atoms with van der Waals surface area (Å²) in [5.74, 6) is -2.03. The third-order valence-corrected chi connectivity index (χ3v) is 6.13. The molecule has 0 spiro atoms. The van der Waals surface area contributed by atoms with E-state index in [1.807, 2.05) is 12.1 Å². The first kappa shape index (κ1) is 23.2. The van der Waals surface area contributed by atoms with Crippen LogP contribution in [0, 0.1) is 5.82 Å². The molecule has 0 N–H and O–H groups in total. The minimum Gasteiger partial charge on any atom is -0.413 e. The molecular formula is C24H22F4N6O. The molecule has 182 valence electrons. The first-order valence-corrected chi connectivity index (χ1v) is 11.1. The van der Waals surface area contributed by atoms with Crippen molar-refractivity contribution in [3.63, 3.8) is 0 Å². The number of likely N-dealkylation sites (tertiary alicyclic amines) is 1. The first-order valence-electron chi connectivity index (χ1n) is 11.1. The molecule has 2 aromatic carbocycles. The Morgan fingerprint density at radius 1 is 1.03 bits per heavy atom. The Morgan fingerprint density at radius 3 is 2.51 bits per heavy atom. The predicted molar refractivity (Wildman–Crippen MR) is 119 cm³/mol. The van der Waals surface area contributed by atoms with Crippen LogP contribution in [0.3, 0.4) is 0 Å². The molecule has 3 heterocycles. The second-order valence-electron chi connectivity index (χ2n) is 8.89. The maximum Gasteiger partial charge on any atom is 0.470 e. The largest absolute Gasteiger partial charge is 0.470 e. The van der Waals surface area contributed by atoms with Gasteiger partial charge in [0, 0.05) is 41.7 Å². The molecular weight excluding hydrogens is 464 g/mol. The van der Waals surface area contributed by atoms with Crippen LogP contribution in [0.4, 0.5) is 17.6 Å². The summed E-state index contributed by atoms with van der Waals surface area (Å²) in [6.07, 6.45) is -3.03. The van der Waals surface area contributed by atoms with E-state index in [2.05, 4.69) is 55.8 Å². The second-order valence-corrected chi connectivity index (χ2v) is 8.89. The highest BCUT2D eigenvalue weighted by atomic mass is 19.4. The molecule has 2 aromatic heterocycles. The van der Waals surface area contributed by atoms with Gasteiger partial charge in [-0.25, -0.2) is 9.07 Å². The summed E-state index contributed by atoms with van der Waals surface area (Å²) >= 11 is 0. The monoisotopic (exact) mass is 486 g/mol. The van der Waals surface area contributed by atoms with E-state index in [1.54, 1.807) is 6.20 Å². The van der Waals surface area contributed by atoms with Crippen molar-refractivity contribution in [2.75, 3.05) is 13.1 Å². The second kappa shape index (κ2) is 8.88.